The number of aromatic nitrogens is 5. The highest BCUT2D eigenvalue weighted by Crippen LogP contribution is 2.33. The minimum Gasteiger partial charge on any atom is -0.370 e. The molecule has 0 aromatic carbocycles. The van der Waals surface area contributed by atoms with Gasteiger partial charge in [0, 0.05) is 20.6 Å². The second-order valence-electron chi connectivity index (χ2n) is 5.22. The third kappa shape index (κ3) is 2.64. The molecular formula is C14H14BrF3N6. The minimum absolute atomic E-state index is 0.221. The fourth-order valence-corrected chi connectivity index (χ4v) is 2.81. The molecule has 3 aromatic rings. The lowest BCUT2D eigenvalue weighted by Crippen LogP contribution is -2.07. The van der Waals surface area contributed by atoms with Crippen LogP contribution in [0.2, 0.25) is 0 Å². The van der Waals surface area contributed by atoms with Crippen molar-refractivity contribution in [2.45, 2.75) is 13.1 Å². The highest BCUT2D eigenvalue weighted by atomic mass is 79.9. The molecule has 128 valence electrons. The SMILES string of the molecule is CCNc1c(-c2nc3cc(C(F)(F)F)ncc3n2C)nc(Br)n1C. The first-order valence-electron chi connectivity index (χ1n) is 7.10. The Labute approximate surface area is 143 Å². The summed E-state index contributed by atoms with van der Waals surface area (Å²) < 4.78 is 42.6. The lowest BCUT2D eigenvalue weighted by atomic mass is 10.3. The van der Waals surface area contributed by atoms with E-state index in [1.165, 1.54) is 6.20 Å². The number of anilines is 1. The molecule has 10 heteroatoms. The fraction of sp³-hybridized carbons (Fsp3) is 0.357. The quantitative estimate of drug-likeness (QED) is 0.727. The summed E-state index contributed by atoms with van der Waals surface area (Å²) in [6.45, 7) is 2.61. The predicted molar refractivity (Wildman–Crippen MR) is 87.6 cm³/mol. The molecule has 0 saturated carbocycles. The van der Waals surface area contributed by atoms with Crippen LogP contribution in [0.5, 0.6) is 0 Å². The summed E-state index contributed by atoms with van der Waals surface area (Å²) in [5.41, 5.74) is 0.313. The standard InChI is InChI=1S/C14H14BrF3N6/c1-4-19-11-10(22-13(15)24(11)3)12-21-7-5-9(14(16,17)18)20-6-8(7)23(12)2/h5-6,19H,4H2,1-3H3. The number of fused-ring (bicyclic) bond motifs is 1. The highest BCUT2D eigenvalue weighted by Gasteiger charge is 2.33. The van der Waals surface area contributed by atoms with Gasteiger partial charge in [-0.15, -0.1) is 0 Å². The van der Waals surface area contributed by atoms with E-state index in [4.69, 9.17) is 0 Å². The molecule has 0 fully saturated rings. The number of halogens is 4. The summed E-state index contributed by atoms with van der Waals surface area (Å²) in [7, 11) is 3.54. The van der Waals surface area contributed by atoms with E-state index in [0.717, 1.165) is 11.9 Å². The molecule has 6 nitrogen and oxygen atoms in total. The zero-order chi connectivity index (χ0) is 17.6. The van der Waals surface area contributed by atoms with Crippen LogP contribution in [0.3, 0.4) is 0 Å². The van der Waals surface area contributed by atoms with Crippen LogP contribution in [0.15, 0.2) is 17.0 Å². The van der Waals surface area contributed by atoms with Crippen LogP contribution in [0.1, 0.15) is 12.6 Å². The van der Waals surface area contributed by atoms with Crippen LogP contribution < -0.4 is 5.32 Å². The number of nitrogens with zero attached hydrogens (tertiary/aromatic N) is 5. The van der Waals surface area contributed by atoms with Gasteiger partial charge in [-0.25, -0.2) is 15.0 Å². The van der Waals surface area contributed by atoms with E-state index >= 15 is 0 Å². The Bertz CT molecular complexity index is 911. The number of hydrogen-bond donors (Lipinski definition) is 1. The van der Waals surface area contributed by atoms with Gasteiger partial charge in [0.25, 0.3) is 0 Å². The summed E-state index contributed by atoms with van der Waals surface area (Å²) >= 11 is 3.35. The number of hydrogen-bond acceptors (Lipinski definition) is 4. The van der Waals surface area contributed by atoms with E-state index in [2.05, 4.69) is 36.2 Å². The molecule has 24 heavy (non-hydrogen) atoms. The van der Waals surface area contributed by atoms with Crippen molar-refractivity contribution in [1.82, 2.24) is 24.1 Å². The van der Waals surface area contributed by atoms with E-state index in [0.29, 0.717) is 28.3 Å². The average molecular weight is 403 g/mol. The minimum atomic E-state index is -4.51. The van der Waals surface area contributed by atoms with Crippen molar-refractivity contribution in [2.24, 2.45) is 14.1 Å². The summed E-state index contributed by atoms with van der Waals surface area (Å²) in [4.78, 5) is 12.2. The molecule has 0 aliphatic heterocycles. The molecule has 3 aromatic heterocycles. The number of alkyl halides is 3. The van der Waals surface area contributed by atoms with Gasteiger partial charge in [0.05, 0.1) is 17.2 Å². The van der Waals surface area contributed by atoms with Crippen LogP contribution in [0.25, 0.3) is 22.6 Å². The fourth-order valence-electron chi connectivity index (χ4n) is 2.45. The molecule has 0 bridgehead atoms. The van der Waals surface area contributed by atoms with Gasteiger partial charge in [-0.2, -0.15) is 13.2 Å². The van der Waals surface area contributed by atoms with Crippen LogP contribution >= 0.6 is 15.9 Å². The third-order valence-corrected chi connectivity index (χ3v) is 4.36. The molecule has 3 heterocycles. The number of imidazole rings is 2. The van der Waals surface area contributed by atoms with E-state index < -0.39 is 11.9 Å². The van der Waals surface area contributed by atoms with Crippen molar-refractivity contribution >= 4 is 32.8 Å². The molecule has 0 aliphatic rings. The van der Waals surface area contributed by atoms with Gasteiger partial charge >= 0.3 is 6.18 Å². The maximum Gasteiger partial charge on any atom is 0.433 e. The molecule has 0 unspecified atom stereocenters. The smallest absolute Gasteiger partial charge is 0.370 e. The average Bonchev–Trinajstić information content (AvgIpc) is 2.98. The normalized spacial score (nSPS) is 12.1. The third-order valence-electron chi connectivity index (χ3n) is 3.65. The molecule has 0 aliphatic carbocycles. The van der Waals surface area contributed by atoms with E-state index in [9.17, 15) is 13.2 Å². The number of rotatable bonds is 3. The Hall–Kier alpha value is -2.10. The summed E-state index contributed by atoms with van der Waals surface area (Å²) in [5.74, 6) is 1.19. The zero-order valence-electron chi connectivity index (χ0n) is 13.1. The van der Waals surface area contributed by atoms with Gasteiger partial charge in [-0.05, 0) is 28.9 Å². The van der Waals surface area contributed by atoms with Crippen molar-refractivity contribution in [3.8, 4) is 11.5 Å². The van der Waals surface area contributed by atoms with Crippen LogP contribution in [-0.4, -0.2) is 30.6 Å². The number of nitrogens with one attached hydrogen (secondary N) is 1. The van der Waals surface area contributed by atoms with Crippen molar-refractivity contribution in [2.75, 3.05) is 11.9 Å². The molecular weight excluding hydrogens is 389 g/mol. The Balaban J connectivity index is 2.21. The van der Waals surface area contributed by atoms with Gasteiger partial charge in [0.1, 0.15) is 17.2 Å². The van der Waals surface area contributed by atoms with E-state index in [1.807, 2.05) is 14.0 Å². The van der Waals surface area contributed by atoms with Gasteiger partial charge in [0.2, 0.25) is 0 Å². The largest absolute Gasteiger partial charge is 0.433 e. The molecule has 1 N–H and O–H groups in total. The number of pyridine rings is 1. The maximum atomic E-state index is 12.8. The Kier molecular flexibility index (Phi) is 4.02. The first kappa shape index (κ1) is 16.7. The topological polar surface area (TPSA) is 60.6 Å². The second-order valence-corrected chi connectivity index (χ2v) is 5.93. The van der Waals surface area contributed by atoms with Crippen molar-refractivity contribution < 1.29 is 13.2 Å². The maximum absolute atomic E-state index is 12.8. The lowest BCUT2D eigenvalue weighted by Gasteiger charge is -2.07. The van der Waals surface area contributed by atoms with Gasteiger partial charge in [-0.3, -0.25) is 0 Å². The van der Waals surface area contributed by atoms with Crippen LogP contribution in [0, 0.1) is 0 Å². The molecule has 0 radical (unpaired) electrons. The summed E-state index contributed by atoms with van der Waals surface area (Å²) in [5, 5.41) is 3.19. The predicted octanol–water partition coefficient (Wildman–Crippen LogP) is 3.58. The Morgan fingerprint density at radius 2 is 1.92 bits per heavy atom. The number of aryl methyl sites for hydroxylation is 1. The van der Waals surface area contributed by atoms with E-state index in [1.54, 1.807) is 16.2 Å². The highest BCUT2D eigenvalue weighted by molar-refractivity contribution is 9.10. The molecule has 0 amide bonds. The van der Waals surface area contributed by atoms with Crippen LogP contribution in [0.4, 0.5) is 19.0 Å². The van der Waals surface area contributed by atoms with Gasteiger partial charge < -0.3 is 14.5 Å². The second kappa shape index (κ2) is 5.76. The summed E-state index contributed by atoms with van der Waals surface area (Å²) in [6.07, 6.45) is -3.33. The Morgan fingerprint density at radius 3 is 2.54 bits per heavy atom. The lowest BCUT2D eigenvalue weighted by molar-refractivity contribution is -0.141. The van der Waals surface area contributed by atoms with E-state index in [-0.39, 0.29) is 5.52 Å². The zero-order valence-corrected chi connectivity index (χ0v) is 14.7. The monoisotopic (exact) mass is 402 g/mol. The summed E-state index contributed by atoms with van der Waals surface area (Å²) in [6, 6.07) is 0.948. The van der Waals surface area contributed by atoms with Gasteiger partial charge in [-0.1, -0.05) is 0 Å². The van der Waals surface area contributed by atoms with Crippen molar-refractivity contribution in [3.05, 3.63) is 22.7 Å². The molecule has 0 saturated heterocycles. The van der Waals surface area contributed by atoms with Crippen molar-refractivity contribution in [1.29, 1.82) is 0 Å². The Morgan fingerprint density at radius 1 is 1.21 bits per heavy atom. The van der Waals surface area contributed by atoms with Crippen LogP contribution in [-0.2, 0) is 20.3 Å². The van der Waals surface area contributed by atoms with Gasteiger partial charge in [0.15, 0.2) is 10.6 Å². The molecule has 0 atom stereocenters. The van der Waals surface area contributed by atoms with Crippen molar-refractivity contribution in [3.63, 3.8) is 0 Å². The first-order chi connectivity index (χ1) is 11.2. The molecule has 3 rings (SSSR count). The molecule has 0 spiro atoms. The first-order valence-corrected chi connectivity index (χ1v) is 7.89.